The van der Waals surface area contributed by atoms with Crippen molar-refractivity contribution < 1.29 is 27.5 Å². The third-order valence-corrected chi connectivity index (χ3v) is 7.34. The number of hydrogen-bond acceptors (Lipinski definition) is 6. The Hall–Kier alpha value is -2.53. The molecule has 10 nitrogen and oxygen atoms in total. The molecule has 2 unspecified atom stereocenters. The quantitative estimate of drug-likeness (QED) is 0.457. The Labute approximate surface area is 168 Å². The van der Waals surface area contributed by atoms with Crippen molar-refractivity contribution in [2.24, 2.45) is 11.1 Å². The largest absolute Gasteiger partial charge is 0.618 e. The van der Waals surface area contributed by atoms with E-state index >= 15 is 0 Å². The molecule has 1 radical (unpaired) electrons. The molecule has 3 heterocycles. The summed E-state index contributed by atoms with van der Waals surface area (Å²) < 4.78 is 27.1. The maximum atomic E-state index is 12.9. The van der Waals surface area contributed by atoms with Gasteiger partial charge < -0.3 is 15.8 Å². The summed E-state index contributed by atoms with van der Waals surface area (Å²) in [5.41, 5.74) is 4.39. The highest BCUT2D eigenvalue weighted by Gasteiger charge is 2.55. The van der Waals surface area contributed by atoms with Crippen molar-refractivity contribution in [3.63, 3.8) is 0 Å². The average molecular weight is 423 g/mol. The monoisotopic (exact) mass is 423 g/mol. The van der Waals surface area contributed by atoms with Gasteiger partial charge >= 0.3 is 15.0 Å². The molecule has 0 aromatic carbocycles. The van der Waals surface area contributed by atoms with Crippen LogP contribution >= 0.6 is 0 Å². The molecule has 29 heavy (non-hydrogen) atoms. The van der Waals surface area contributed by atoms with Gasteiger partial charge in [0, 0.05) is 24.1 Å². The summed E-state index contributed by atoms with van der Waals surface area (Å²) >= 11 is 0. The smallest absolute Gasteiger partial charge is 0.323 e. The van der Waals surface area contributed by atoms with Crippen molar-refractivity contribution in [1.82, 2.24) is 9.21 Å². The molecule has 2 N–H and O–H groups in total. The molecule has 3 rings (SSSR count). The molecule has 0 saturated carbocycles. The number of carbonyl (C=O) groups is 3. The number of aromatic nitrogens is 1. The van der Waals surface area contributed by atoms with E-state index in [1.807, 2.05) is 0 Å². The molecule has 1 aromatic heterocycles. The molecule has 2 atom stereocenters. The number of amides is 2. The Morgan fingerprint density at radius 1 is 1.38 bits per heavy atom. The van der Waals surface area contributed by atoms with Gasteiger partial charge in [0.1, 0.15) is 6.04 Å². The molecule has 0 aliphatic carbocycles. The molecule has 157 valence electrons. The highest BCUT2D eigenvalue weighted by Crippen LogP contribution is 2.34. The minimum Gasteiger partial charge on any atom is -0.618 e. The lowest BCUT2D eigenvalue weighted by Gasteiger charge is -2.25. The van der Waals surface area contributed by atoms with Gasteiger partial charge in [-0.2, -0.15) is 9.04 Å². The van der Waals surface area contributed by atoms with Crippen LogP contribution in [0.15, 0.2) is 29.4 Å². The van der Waals surface area contributed by atoms with E-state index in [4.69, 9.17) is 5.73 Å². The van der Waals surface area contributed by atoms with E-state index in [1.165, 1.54) is 29.5 Å². The van der Waals surface area contributed by atoms with Crippen molar-refractivity contribution in [1.29, 1.82) is 0 Å². The molecule has 2 saturated heterocycles. The fourth-order valence-corrected chi connectivity index (χ4v) is 5.29. The molecule has 1 aromatic rings. The first-order valence-corrected chi connectivity index (χ1v) is 10.6. The first kappa shape index (κ1) is 21.2. The number of rotatable bonds is 6. The van der Waals surface area contributed by atoms with Gasteiger partial charge in [0.25, 0.3) is 0 Å². The van der Waals surface area contributed by atoms with Crippen LogP contribution < -0.4 is 10.5 Å². The minimum atomic E-state index is -4.20. The van der Waals surface area contributed by atoms with Crippen molar-refractivity contribution >= 4 is 27.6 Å². The highest BCUT2D eigenvalue weighted by atomic mass is 32.2. The number of nitrogens with zero attached hydrogens (tertiary/aromatic N) is 3. The maximum absolute atomic E-state index is 12.9. The second-order valence-corrected chi connectivity index (χ2v) is 9.71. The molecular weight excluding hydrogens is 400 g/mol. The summed E-state index contributed by atoms with van der Waals surface area (Å²) in [4.78, 5) is 38.0. The van der Waals surface area contributed by atoms with Crippen LogP contribution in [0, 0.1) is 17.0 Å². The summed E-state index contributed by atoms with van der Waals surface area (Å²) in [7, 11) is -4.20. The zero-order valence-corrected chi connectivity index (χ0v) is 17.0. The van der Waals surface area contributed by atoms with E-state index in [1.54, 1.807) is 13.8 Å². The van der Waals surface area contributed by atoms with Gasteiger partial charge in [-0.3, -0.25) is 14.4 Å². The molecule has 0 spiro atoms. The minimum absolute atomic E-state index is 0.103. The Bertz CT molecular complexity index is 961. The van der Waals surface area contributed by atoms with Crippen LogP contribution in [0.3, 0.4) is 0 Å². The molecule has 0 bridgehead atoms. The molecule has 2 amide bonds. The topological polar surface area (TPSA) is 145 Å². The van der Waals surface area contributed by atoms with Crippen molar-refractivity contribution in [3.05, 3.63) is 36.0 Å². The Kier molecular flexibility index (Phi) is 5.39. The summed E-state index contributed by atoms with van der Waals surface area (Å²) in [6, 6.07) is 2.38. The van der Waals surface area contributed by atoms with E-state index in [9.17, 15) is 28.0 Å². The second-order valence-electron chi connectivity index (χ2n) is 7.87. The summed E-state index contributed by atoms with van der Waals surface area (Å²) in [6.45, 7) is 3.02. The lowest BCUT2D eigenvalue weighted by atomic mass is 9.87. The number of ketones is 1. The van der Waals surface area contributed by atoms with Gasteiger partial charge in [-0.05, 0) is 18.9 Å². The Morgan fingerprint density at radius 3 is 2.69 bits per heavy atom. The third-order valence-electron chi connectivity index (χ3n) is 5.48. The number of hydrogen-bond donors (Lipinski definition) is 1. The maximum Gasteiger partial charge on any atom is 0.323 e. The van der Waals surface area contributed by atoms with Crippen LogP contribution in [0.25, 0.3) is 0 Å². The predicted octanol–water partition coefficient (Wildman–Crippen LogP) is -1.03. The first-order chi connectivity index (χ1) is 13.5. The number of carbonyl (C=O) groups excluding carboxylic acids is 3. The van der Waals surface area contributed by atoms with Crippen molar-refractivity contribution in [3.8, 4) is 0 Å². The molecule has 2 aliphatic heterocycles. The van der Waals surface area contributed by atoms with Gasteiger partial charge in [-0.15, -0.1) is 0 Å². The van der Waals surface area contributed by atoms with E-state index in [0.29, 0.717) is 0 Å². The van der Waals surface area contributed by atoms with E-state index in [2.05, 4.69) is 0 Å². The summed E-state index contributed by atoms with van der Waals surface area (Å²) in [5, 5.41) is 11.5. The van der Waals surface area contributed by atoms with Crippen LogP contribution in [0.2, 0.25) is 0 Å². The number of sulfonamides is 1. The van der Waals surface area contributed by atoms with Gasteiger partial charge in [0.05, 0.1) is 19.0 Å². The highest BCUT2D eigenvalue weighted by molar-refractivity contribution is 7.89. The van der Waals surface area contributed by atoms with Gasteiger partial charge in [-0.1, -0.05) is 13.8 Å². The first-order valence-electron chi connectivity index (χ1n) is 9.13. The molecular formula is C18H23N4O6S. The SMILES string of the molecule is CC(C)(C[CH]C(=O)N1CCC2C1C(=O)CN2S(=O)(=O)c1cccc[n+]1[O-])C(N)=O. The lowest BCUT2D eigenvalue weighted by Crippen LogP contribution is -2.45. The number of likely N-dealkylation sites (tertiary alicyclic amines) is 1. The molecule has 2 fully saturated rings. The number of Topliss-reactive ketones (excluding diaryl/α,β-unsaturated/α-hetero) is 1. The number of fused-ring (bicyclic) bond motifs is 1. The van der Waals surface area contributed by atoms with Crippen molar-refractivity contribution in [2.75, 3.05) is 13.1 Å². The predicted molar refractivity (Wildman–Crippen MR) is 100 cm³/mol. The standard InChI is InChI=1S/C18H23N4O6S/c1-18(2,17(19)25)8-6-14(24)20-10-7-12-16(20)13(23)11-22(12)29(27,28)15-5-3-4-9-21(15)26/h3-6,9,12,16H,7-8,10-11H2,1-2H3,(H2,19,25). The van der Waals surface area contributed by atoms with Gasteiger partial charge in [-0.25, -0.2) is 8.42 Å². The molecule has 2 aliphatic rings. The van der Waals surface area contributed by atoms with Crippen molar-refractivity contribution in [2.45, 2.75) is 43.8 Å². The second kappa shape index (κ2) is 7.38. The summed E-state index contributed by atoms with van der Waals surface area (Å²) in [5.74, 6) is -1.40. The average Bonchev–Trinajstić information content (AvgIpc) is 3.21. The zero-order chi connectivity index (χ0) is 21.6. The normalized spacial score (nSPS) is 22.7. The fraction of sp³-hybridized carbons (Fsp3) is 0.500. The Morgan fingerprint density at radius 2 is 2.07 bits per heavy atom. The number of primary amides is 1. The van der Waals surface area contributed by atoms with E-state index < -0.39 is 56.7 Å². The fourth-order valence-electron chi connectivity index (χ4n) is 3.63. The summed E-state index contributed by atoms with van der Waals surface area (Å²) in [6.07, 6.45) is 2.76. The number of pyridine rings is 1. The number of nitrogens with two attached hydrogens (primary N) is 1. The van der Waals surface area contributed by atoms with Gasteiger partial charge in [0.2, 0.25) is 11.8 Å². The lowest BCUT2D eigenvalue weighted by molar-refractivity contribution is -0.646. The molecule has 11 heteroatoms. The third kappa shape index (κ3) is 3.71. The van der Waals surface area contributed by atoms with Crippen LogP contribution in [-0.4, -0.2) is 60.4 Å². The van der Waals surface area contributed by atoms with Crippen LogP contribution in [0.1, 0.15) is 26.7 Å². The van der Waals surface area contributed by atoms with Gasteiger partial charge in [0.15, 0.2) is 12.0 Å². The van der Waals surface area contributed by atoms with Crippen LogP contribution in [0.4, 0.5) is 0 Å². The Balaban J connectivity index is 1.78. The van der Waals surface area contributed by atoms with E-state index in [0.717, 1.165) is 10.5 Å². The van der Waals surface area contributed by atoms with Crippen LogP contribution in [-0.2, 0) is 24.4 Å². The van der Waals surface area contributed by atoms with E-state index in [-0.39, 0.29) is 24.1 Å². The van der Waals surface area contributed by atoms with Crippen LogP contribution in [0.5, 0.6) is 0 Å². The zero-order valence-electron chi connectivity index (χ0n) is 16.1.